The molecule has 0 bridgehead atoms. The third-order valence-corrected chi connectivity index (χ3v) is 5.32. The van der Waals surface area contributed by atoms with E-state index < -0.39 is 9.84 Å². The number of hydrogen-bond acceptors (Lipinski definition) is 3. The van der Waals surface area contributed by atoms with Gasteiger partial charge in [0.25, 0.3) is 0 Å². The fourth-order valence-corrected chi connectivity index (χ4v) is 4.19. The lowest BCUT2D eigenvalue weighted by Crippen LogP contribution is -2.37. The molecule has 1 unspecified atom stereocenters. The van der Waals surface area contributed by atoms with Crippen molar-refractivity contribution in [3.05, 3.63) is 0 Å². The first-order valence-electron chi connectivity index (χ1n) is 5.58. The maximum Gasteiger partial charge on any atom is 0.150 e. The van der Waals surface area contributed by atoms with E-state index in [0.717, 1.165) is 31.8 Å². The molecule has 1 atom stereocenters. The lowest BCUT2D eigenvalue weighted by molar-refractivity contribution is 0.247. The Kier molecular flexibility index (Phi) is 3.12. The smallest absolute Gasteiger partial charge is 0.150 e. The summed E-state index contributed by atoms with van der Waals surface area (Å²) >= 11 is 0. The minimum Gasteiger partial charge on any atom is -0.316 e. The van der Waals surface area contributed by atoms with Gasteiger partial charge in [-0.25, -0.2) is 8.42 Å². The molecule has 0 aromatic carbocycles. The van der Waals surface area contributed by atoms with Crippen LogP contribution in [0.1, 0.15) is 25.7 Å². The van der Waals surface area contributed by atoms with Crippen LogP contribution in [0.15, 0.2) is 0 Å². The zero-order chi connectivity index (χ0) is 10.0. The van der Waals surface area contributed by atoms with Gasteiger partial charge in [-0.15, -0.1) is 0 Å². The molecule has 14 heavy (non-hydrogen) atoms. The molecule has 0 amide bonds. The molecule has 2 heterocycles. The molecule has 1 N–H and O–H groups in total. The van der Waals surface area contributed by atoms with Crippen LogP contribution in [0.5, 0.6) is 0 Å². The molecule has 2 aliphatic heterocycles. The normalized spacial score (nSPS) is 34.1. The first-order valence-corrected chi connectivity index (χ1v) is 7.41. The van der Waals surface area contributed by atoms with Crippen LogP contribution in [0.4, 0.5) is 0 Å². The zero-order valence-corrected chi connectivity index (χ0v) is 9.35. The monoisotopic (exact) mass is 217 g/mol. The maximum atomic E-state index is 11.3. The SMILES string of the molecule is O=S1(=O)CCC(C2CCCNC2)CC1. The molecular formula is C10H19NO2S. The van der Waals surface area contributed by atoms with Crippen LogP contribution in [-0.4, -0.2) is 33.0 Å². The number of nitrogens with one attached hydrogen (secondary N) is 1. The van der Waals surface area contributed by atoms with Gasteiger partial charge < -0.3 is 5.32 Å². The second kappa shape index (κ2) is 4.19. The highest BCUT2D eigenvalue weighted by Gasteiger charge is 2.29. The summed E-state index contributed by atoms with van der Waals surface area (Å²) in [4.78, 5) is 0. The van der Waals surface area contributed by atoms with Crippen molar-refractivity contribution in [3.8, 4) is 0 Å². The highest BCUT2D eigenvalue weighted by molar-refractivity contribution is 7.91. The van der Waals surface area contributed by atoms with Gasteiger partial charge in [-0.3, -0.25) is 0 Å². The summed E-state index contributed by atoms with van der Waals surface area (Å²) in [7, 11) is -2.67. The van der Waals surface area contributed by atoms with Gasteiger partial charge in [-0.1, -0.05) is 0 Å². The van der Waals surface area contributed by atoms with Crippen molar-refractivity contribution in [2.24, 2.45) is 11.8 Å². The van der Waals surface area contributed by atoms with Gasteiger partial charge >= 0.3 is 0 Å². The molecule has 2 saturated heterocycles. The number of sulfone groups is 1. The summed E-state index contributed by atoms with van der Waals surface area (Å²) in [6.07, 6.45) is 4.34. The molecule has 2 aliphatic rings. The Balaban J connectivity index is 1.88. The lowest BCUT2D eigenvalue weighted by Gasteiger charge is -2.33. The van der Waals surface area contributed by atoms with Gasteiger partial charge in [-0.05, 0) is 50.6 Å². The Morgan fingerprint density at radius 3 is 2.29 bits per heavy atom. The molecule has 3 nitrogen and oxygen atoms in total. The van der Waals surface area contributed by atoms with Gasteiger partial charge in [0.05, 0.1) is 11.5 Å². The largest absolute Gasteiger partial charge is 0.316 e. The molecular weight excluding hydrogens is 198 g/mol. The number of hydrogen-bond donors (Lipinski definition) is 1. The lowest BCUT2D eigenvalue weighted by atomic mass is 9.83. The summed E-state index contributed by atoms with van der Waals surface area (Å²) < 4.78 is 22.5. The van der Waals surface area contributed by atoms with Crippen LogP contribution in [0, 0.1) is 11.8 Å². The average molecular weight is 217 g/mol. The zero-order valence-electron chi connectivity index (χ0n) is 8.54. The van der Waals surface area contributed by atoms with Gasteiger partial charge in [-0.2, -0.15) is 0 Å². The molecule has 0 aliphatic carbocycles. The van der Waals surface area contributed by atoms with Crippen LogP contribution in [-0.2, 0) is 9.84 Å². The Labute approximate surface area is 86.2 Å². The minimum absolute atomic E-state index is 0.425. The van der Waals surface area contributed by atoms with Crippen molar-refractivity contribution in [1.82, 2.24) is 5.32 Å². The summed E-state index contributed by atoms with van der Waals surface area (Å²) in [6.45, 7) is 2.24. The van der Waals surface area contributed by atoms with Crippen LogP contribution in [0.2, 0.25) is 0 Å². The second-order valence-corrected chi connectivity index (χ2v) is 6.90. The van der Waals surface area contributed by atoms with Gasteiger partial charge in [0.2, 0.25) is 0 Å². The molecule has 0 radical (unpaired) electrons. The van der Waals surface area contributed by atoms with Crippen molar-refractivity contribution < 1.29 is 8.42 Å². The Hall–Kier alpha value is -0.0900. The molecule has 2 fully saturated rings. The van der Waals surface area contributed by atoms with E-state index in [1.807, 2.05) is 0 Å². The highest BCUT2D eigenvalue weighted by Crippen LogP contribution is 2.29. The molecule has 0 saturated carbocycles. The minimum atomic E-state index is -2.67. The Morgan fingerprint density at radius 1 is 1.00 bits per heavy atom. The first kappa shape index (κ1) is 10.4. The van der Waals surface area contributed by atoms with E-state index in [1.54, 1.807) is 0 Å². The topological polar surface area (TPSA) is 46.2 Å². The van der Waals surface area contributed by atoms with Crippen LogP contribution in [0.3, 0.4) is 0 Å². The summed E-state index contributed by atoms with van der Waals surface area (Å²) in [6, 6.07) is 0. The third-order valence-electron chi connectivity index (χ3n) is 3.60. The quantitative estimate of drug-likeness (QED) is 0.707. The second-order valence-electron chi connectivity index (χ2n) is 4.60. The molecule has 0 aromatic rings. The van der Waals surface area contributed by atoms with Crippen LogP contribution >= 0.6 is 0 Å². The fourth-order valence-electron chi connectivity index (χ4n) is 2.66. The molecule has 0 spiro atoms. The number of piperidine rings is 1. The van der Waals surface area contributed by atoms with E-state index in [1.165, 1.54) is 12.8 Å². The standard InChI is InChI=1S/C10H19NO2S/c12-14(13)6-3-9(4-7-14)10-2-1-5-11-8-10/h9-11H,1-8H2. The van der Waals surface area contributed by atoms with Gasteiger partial charge in [0.15, 0.2) is 0 Å². The molecule has 2 rings (SSSR count). The van der Waals surface area contributed by atoms with E-state index in [-0.39, 0.29) is 0 Å². The van der Waals surface area contributed by atoms with Crippen molar-refractivity contribution in [2.45, 2.75) is 25.7 Å². The van der Waals surface area contributed by atoms with E-state index >= 15 is 0 Å². The van der Waals surface area contributed by atoms with Crippen molar-refractivity contribution >= 4 is 9.84 Å². The summed E-state index contributed by atoms with van der Waals surface area (Å²) in [5.74, 6) is 2.24. The van der Waals surface area contributed by atoms with E-state index in [2.05, 4.69) is 5.32 Å². The Morgan fingerprint density at radius 2 is 1.71 bits per heavy atom. The van der Waals surface area contributed by atoms with Gasteiger partial charge in [0.1, 0.15) is 9.84 Å². The third kappa shape index (κ3) is 2.48. The van der Waals surface area contributed by atoms with Crippen LogP contribution in [0.25, 0.3) is 0 Å². The molecule has 82 valence electrons. The summed E-state index contributed by atoms with van der Waals surface area (Å²) in [5, 5.41) is 3.40. The molecule has 0 aromatic heterocycles. The predicted molar refractivity (Wildman–Crippen MR) is 57.0 cm³/mol. The Bertz CT molecular complexity index is 266. The number of rotatable bonds is 1. The van der Waals surface area contributed by atoms with E-state index in [0.29, 0.717) is 17.4 Å². The predicted octanol–water partition coefficient (Wildman–Crippen LogP) is 0.811. The van der Waals surface area contributed by atoms with Crippen LogP contribution < -0.4 is 5.32 Å². The van der Waals surface area contributed by atoms with Crippen molar-refractivity contribution in [3.63, 3.8) is 0 Å². The van der Waals surface area contributed by atoms with Crippen molar-refractivity contribution in [1.29, 1.82) is 0 Å². The average Bonchev–Trinajstić information content (AvgIpc) is 2.19. The first-order chi connectivity index (χ1) is 6.67. The molecule has 4 heteroatoms. The maximum absolute atomic E-state index is 11.3. The summed E-state index contributed by atoms with van der Waals surface area (Å²) in [5.41, 5.74) is 0. The van der Waals surface area contributed by atoms with Crippen molar-refractivity contribution in [2.75, 3.05) is 24.6 Å². The van der Waals surface area contributed by atoms with E-state index in [4.69, 9.17) is 0 Å². The van der Waals surface area contributed by atoms with Gasteiger partial charge in [0, 0.05) is 0 Å². The van der Waals surface area contributed by atoms with E-state index in [9.17, 15) is 8.42 Å². The highest BCUT2D eigenvalue weighted by atomic mass is 32.2. The fraction of sp³-hybridized carbons (Fsp3) is 1.00.